The van der Waals surface area contributed by atoms with Gasteiger partial charge < -0.3 is 15.1 Å². The van der Waals surface area contributed by atoms with Crippen molar-refractivity contribution in [2.24, 2.45) is 4.99 Å². The molecule has 0 amide bonds. The van der Waals surface area contributed by atoms with Crippen LogP contribution in [-0.2, 0) is 0 Å². The molecule has 1 atom stereocenters. The molecule has 0 bridgehead atoms. The molecule has 0 aliphatic carbocycles. The van der Waals surface area contributed by atoms with Crippen LogP contribution in [0.3, 0.4) is 0 Å². The second-order valence-electron chi connectivity index (χ2n) is 7.43. The van der Waals surface area contributed by atoms with Crippen molar-refractivity contribution >= 4 is 23.2 Å². The number of nitrogens with one attached hydrogen (secondary N) is 2. The molecule has 1 unspecified atom stereocenters. The summed E-state index contributed by atoms with van der Waals surface area (Å²) in [5, 5.41) is 6.69. The van der Waals surface area contributed by atoms with E-state index in [4.69, 9.17) is 9.41 Å². The molecule has 3 rings (SSSR count). The van der Waals surface area contributed by atoms with Gasteiger partial charge >= 0.3 is 0 Å². The van der Waals surface area contributed by atoms with Crippen LogP contribution in [0.4, 0.5) is 0 Å². The minimum absolute atomic E-state index is 0.0238. The summed E-state index contributed by atoms with van der Waals surface area (Å²) >= 11 is 1.79. The van der Waals surface area contributed by atoms with Gasteiger partial charge in [-0.1, -0.05) is 57.9 Å². The molecule has 0 radical (unpaired) electrons. The van der Waals surface area contributed by atoms with Gasteiger partial charge in [0, 0.05) is 22.0 Å². The summed E-state index contributed by atoms with van der Waals surface area (Å²) in [6, 6.07) is 14.2. The Hall–Kier alpha value is -2.66. The van der Waals surface area contributed by atoms with Gasteiger partial charge in [-0.2, -0.15) is 0 Å². The van der Waals surface area contributed by atoms with E-state index in [0.717, 1.165) is 34.3 Å². The Kier molecular flexibility index (Phi) is 10.8. The Balaban J connectivity index is 0.000000614. The molecule has 0 spiro atoms. The van der Waals surface area contributed by atoms with E-state index in [0.29, 0.717) is 0 Å². The van der Waals surface area contributed by atoms with Gasteiger partial charge in [0.1, 0.15) is 17.8 Å². The highest BCUT2D eigenvalue weighted by molar-refractivity contribution is 7.99. The summed E-state index contributed by atoms with van der Waals surface area (Å²) < 4.78 is 5.40. The first-order valence-corrected chi connectivity index (χ1v) is 11.9. The fourth-order valence-corrected chi connectivity index (χ4v) is 3.83. The lowest BCUT2D eigenvalue weighted by Crippen LogP contribution is -2.36. The number of allylic oxidation sites excluding steroid dienone is 3. The standard InChI is InChI=1S/C21H23N3OS.C5H12/c1-15(19-10-7-11-25-19)12-16(2)22-20-13-17(3)23-21(24-20)14-26-18-8-5-4-6-9-18;1-3-5-4-2/h4-13,21,23H,2,14H2,1,3H3,(H,22,24);3-5H2,1-2H3/b15-12+;. The van der Waals surface area contributed by atoms with Gasteiger partial charge in [-0.15, -0.1) is 11.8 Å². The number of nitrogens with zero attached hydrogens (tertiary/aromatic N) is 1. The van der Waals surface area contributed by atoms with Gasteiger partial charge in [-0.05, 0) is 55.8 Å². The summed E-state index contributed by atoms with van der Waals surface area (Å²) in [6.07, 6.45) is 9.72. The number of hydrogen-bond donors (Lipinski definition) is 2. The van der Waals surface area contributed by atoms with E-state index >= 15 is 0 Å². The first kappa shape index (κ1) is 24.6. The van der Waals surface area contributed by atoms with Gasteiger partial charge in [0.25, 0.3) is 0 Å². The molecule has 1 aromatic carbocycles. The average Bonchev–Trinajstić information content (AvgIpc) is 3.29. The largest absolute Gasteiger partial charge is 0.465 e. The molecule has 166 valence electrons. The van der Waals surface area contributed by atoms with Crippen molar-refractivity contribution < 1.29 is 4.42 Å². The summed E-state index contributed by atoms with van der Waals surface area (Å²) in [5.41, 5.74) is 2.87. The van der Waals surface area contributed by atoms with E-state index in [9.17, 15) is 0 Å². The van der Waals surface area contributed by atoms with Crippen LogP contribution in [0.1, 0.15) is 52.7 Å². The zero-order chi connectivity index (χ0) is 22.5. The first-order chi connectivity index (χ1) is 15.0. The van der Waals surface area contributed by atoms with Crippen LogP contribution in [0.25, 0.3) is 5.57 Å². The molecule has 0 saturated carbocycles. The Morgan fingerprint density at radius 1 is 1.19 bits per heavy atom. The highest BCUT2D eigenvalue weighted by Crippen LogP contribution is 2.20. The number of furan rings is 1. The molecule has 2 heterocycles. The molecule has 5 heteroatoms. The SMILES string of the molecule is C=C(/C=C(\C)c1ccco1)NC1=NC(CSc2ccccc2)NC(C)=C1.CCCCC. The molecule has 1 aromatic heterocycles. The molecule has 2 aromatic rings. The van der Waals surface area contributed by atoms with E-state index in [-0.39, 0.29) is 6.17 Å². The second kappa shape index (κ2) is 13.6. The predicted octanol–water partition coefficient (Wildman–Crippen LogP) is 7.01. The maximum absolute atomic E-state index is 5.40. The number of thioether (sulfide) groups is 1. The molecule has 4 nitrogen and oxygen atoms in total. The van der Waals surface area contributed by atoms with Gasteiger partial charge in [0.05, 0.1) is 6.26 Å². The monoisotopic (exact) mass is 437 g/mol. The molecule has 0 saturated heterocycles. The van der Waals surface area contributed by atoms with Crippen molar-refractivity contribution in [1.29, 1.82) is 0 Å². The maximum Gasteiger partial charge on any atom is 0.130 e. The van der Waals surface area contributed by atoms with Crippen LogP contribution in [0.2, 0.25) is 0 Å². The van der Waals surface area contributed by atoms with Crippen LogP contribution in [0.5, 0.6) is 0 Å². The highest BCUT2D eigenvalue weighted by atomic mass is 32.2. The Morgan fingerprint density at radius 3 is 2.55 bits per heavy atom. The highest BCUT2D eigenvalue weighted by Gasteiger charge is 2.14. The molecular formula is C26H35N3OS. The number of benzene rings is 1. The van der Waals surface area contributed by atoms with Crippen LogP contribution < -0.4 is 10.6 Å². The van der Waals surface area contributed by atoms with Gasteiger partial charge in [0.2, 0.25) is 0 Å². The third-order valence-corrected chi connectivity index (χ3v) is 5.58. The number of rotatable bonds is 8. The van der Waals surface area contributed by atoms with E-state index in [1.54, 1.807) is 18.0 Å². The average molecular weight is 438 g/mol. The van der Waals surface area contributed by atoms with Crippen LogP contribution >= 0.6 is 11.8 Å². The zero-order valence-corrected chi connectivity index (χ0v) is 20.0. The van der Waals surface area contributed by atoms with Crippen molar-refractivity contribution in [3.05, 3.63) is 84.6 Å². The topological polar surface area (TPSA) is 49.6 Å². The molecular weight excluding hydrogens is 402 g/mol. The van der Waals surface area contributed by atoms with Crippen LogP contribution in [0, 0.1) is 0 Å². The van der Waals surface area contributed by atoms with Crippen molar-refractivity contribution in [1.82, 2.24) is 10.6 Å². The Bertz CT molecular complexity index is 881. The Morgan fingerprint density at radius 2 is 1.94 bits per heavy atom. The minimum atomic E-state index is 0.0238. The number of amidine groups is 1. The fourth-order valence-electron chi connectivity index (χ4n) is 2.98. The lowest BCUT2D eigenvalue weighted by molar-refractivity contribution is 0.552. The summed E-state index contributed by atoms with van der Waals surface area (Å²) in [7, 11) is 0. The van der Waals surface area contributed by atoms with E-state index in [1.807, 2.05) is 44.2 Å². The fraction of sp³-hybridized carbons (Fsp3) is 0.346. The van der Waals surface area contributed by atoms with Crippen molar-refractivity contribution in [2.45, 2.75) is 58.0 Å². The van der Waals surface area contributed by atoms with Gasteiger partial charge in [-0.3, -0.25) is 0 Å². The van der Waals surface area contributed by atoms with Crippen molar-refractivity contribution in [2.75, 3.05) is 5.75 Å². The zero-order valence-electron chi connectivity index (χ0n) is 19.2. The van der Waals surface area contributed by atoms with Crippen LogP contribution in [0.15, 0.2) is 93.2 Å². The third-order valence-electron chi connectivity index (χ3n) is 4.49. The maximum atomic E-state index is 5.40. The van der Waals surface area contributed by atoms with Crippen molar-refractivity contribution in [3.63, 3.8) is 0 Å². The normalized spacial score (nSPS) is 15.7. The summed E-state index contributed by atoms with van der Waals surface area (Å²) in [4.78, 5) is 5.98. The second-order valence-corrected chi connectivity index (χ2v) is 8.53. The van der Waals surface area contributed by atoms with Gasteiger partial charge in [-0.25, -0.2) is 4.99 Å². The predicted molar refractivity (Wildman–Crippen MR) is 135 cm³/mol. The molecule has 1 aliphatic rings. The smallest absolute Gasteiger partial charge is 0.130 e. The lowest BCUT2D eigenvalue weighted by atomic mass is 10.2. The van der Waals surface area contributed by atoms with E-state index in [2.05, 4.69) is 55.3 Å². The molecule has 1 aliphatic heterocycles. The van der Waals surface area contributed by atoms with Crippen molar-refractivity contribution in [3.8, 4) is 0 Å². The Labute approximate surface area is 191 Å². The number of unbranched alkanes of at least 4 members (excludes halogenated alkanes) is 2. The van der Waals surface area contributed by atoms with Gasteiger partial charge in [0.15, 0.2) is 0 Å². The summed E-state index contributed by atoms with van der Waals surface area (Å²) in [6.45, 7) is 12.5. The minimum Gasteiger partial charge on any atom is -0.465 e. The van der Waals surface area contributed by atoms with Crippen LogP contribution in [-0.4, -0.2) is 17.8 Å². The number of hydrogen-bond acceptors (Lipinski definition) is 5. The lowest BCUT2D eigenvalue weighted by Gasteiger charge is -2.22. The number of aliphatic imine (C=N–C) groups is 1. The third kappa shape index (κ3) is 9.35. The quantitative estimate of drug-likeness (QED) is 0.344. The first-order valence-electron chi connectivity index (χ1n) is 10.9. The summed E-state index contributed by atoms with van der Waals surface area (Å²) in [5.74, 6) is 2.51. The van der Waals surface area contributed by atoms with E-state index < -0.39 is 0 Å². The molecule has 2 N–H and O–H groups in total. The van der Waals surface area contributed by atoms with E-state index in [1.165, 1.54) is 24.2 Å². The molecule has 31 heavy (non-hydrogen) atoms. The molecule has 0 fully saturated rings.